The smallest absolute Gasteiger partial charge is 0.330 e. The van der Waals surface area contributed by atoms with E-state index in [-0.39, 0.29) is 12.0 Å². The van der Waals surface area contributed by atoms with E-state index in [0.717, 1.165) is 0 Å². The molecular weight excluding hydrogens is 202 g/mol. The number of hydrogen-bond acceptors (Lipinski definition) is 3. The molecule has 0 spiro atoms. The molecule has 0 radical (unpaired) electrons. The highest BCUT2D eigenvalue weighted by Crippen LogP contribution is 2.29. The Morgan fingerprint density at radius 2 is 2.19 bits per heavy atom. The van der Waals surface area contributed by atoms with E-state index in [4.69, 9.17) is 4.74 Å². The van der Waals surface area contributed by atoms with Crippen LogP contribution < -0.4 is 5.32 Å². The second-order valence-electron chi connectivity index (χ2n) is 3.69. The van der Waals surface area contributed by atoms with Gasteiger partial charge in [0.2, 0.25) is 0 Å². The molecule has 3 heteroatoms. The Morgan fingerprint density at radius 3 is 2.88 bits per heavy atom. The number of esters is 1. The quantitative estimate of drug-likeness (QED) is 0.475. The molecule has 1 heterocycles. The number of rotatable bonds is 4. The molecule has 2 rings (SSSR count). The molecular formula is C13H15NO2. The standard InChI is InChI=1S/C13H15NO2/c1-2-16-12(15)9-8-11-13(14-11)10-6-4-3-5-7-10/h3-9,11,13-14H,2H2,1H3/b9-8+/t11?,13-/m1/s1. The van der Waals surface area contributed by atoms with Crippen molar-refractivity contribution in [1.29, 1.82) is 0 Å². The van der Waals surface area contributed by atoms with E-state index in [2.05, 4.69) is 17.4 Å². The van der Waals surface area contributed by atoms with Crippen LogP contribution in [0.5, 0.6) is 0 Å². The first kappa shape index (κ1) is 10.9. The minimum Gasteiger partial charge on any atom is -0.463 e. The van der Waals surface area contributed by atoms with Crippen molar-refractivity contribution in [1.82, 2.24) is 5.32 Å². The lowest BCUT2D eigenvalue weighted by Crippen LogP contribution is -1.99. The lowest BCUT2D eigenvalue weighted by Gasteiger charge is -1.95. The van der Waals surface area contributed by atoms with Crippen LogP contribution in [0.4, 0.5) is 0 Å². The summed E-state index contributed by atoms with van der Waals surface area (Å²) in [4.78, 5) is 11.1. The third kappa shape index (κ3) is 2.70. The van der Waals surface area contributed by atoms with E-state index in [1.807, 2.05) is 24.3 Å². The van der Waals surface area contributed by atoms with Gasteiger partial charge in [0.15, 0.2) is 0 Å². The van der Waals surface area contributed by atoms with Gasteiger partial charge in [0.1, 0.15) is 0 Å². The molecule has 1 saturated heterocycles. The van der Waals surface area contributed by atoms with Crippen molar-refractivity contribution in [2.45, 2.75) is 19.0 Å². The number of ether oxygens (including phenoxy) is 1. The maximum atomic E-state index is 11.1. The van der Waals surface area contributed by atoms with Gasteiger partial charge >= 0.3 is 5.97 Å². The molecule has 0 saturated carbocycles. The molecule has 0 bridgehead atoms. The molecule has 1 aliphatic rings. The summed E-state index contributed by atoms with van der Waals surface area (Å²) >= 11 is 0. The Morgan fingerprint density at radius 1 is 1.44 bits per heavy atom. The zero-order valence-electron chi connectivity index (χ0n) is 9.22. The monoisotopic (exact) mass is 217 g/mol. The van der Waals surface area contributed by atoms with Crippen LogP contribution >= 0.6 is 0 Å². The maximum absolute atomic E-state index is 11.1. The van der Waals surface area contributed by atoms with Gasteiger partial charge in [-0.05, 0) is 12.5 Å². The van der Waals surface area contributed by atoms with Crippen molar-refractivity contribution >= 4 is 5.97 Å². The fraction of sp³-hybridized carbons (Fsp3) is 0.308. The molecule has 1 aromatic carbocycles. The van der Waals surface area contributed by atoms with Crippen LogP contribution in [0, 0.1) is 0 Å². The fourth-order valence-corrected chi connectivity index (χ4v) is 1.65. The maximum Gasteiger partial charge on any atom is 0.330 e. The van der Waals surface area contributed by atoms with Crippen molar-refractivity contribution < 1.29 is 9.53 Å². The highest BCUT2D eigenvalue weighted by Gasteiger charge is 2.34. The Labute approximate surface area is 95.1 Å². The van der Waals surface area contributed by atoms with Gasteiger partial charge in [-0.15, -0.1) is 0 Å². The Hall–Kier alpha value is -1.61. The van der Waals surface area contributed by atoms with Gasteiger partial charge in [-0.3, -0.25) is 0 Å². The highest BCUT2D eigenvalue weighted by molar-refractivity contribution is 5.82. The summed E-state index contributed by atoms with van der Waals surface area (Å²) in [5.74, 6) is -0.275. The van der Waals surface area contributed by atoms with Crippen LogP contribution in [-0.2, 0) is 9.53 Å². The van der Waals surface area contributed by atoms with Crippen molar-refractivity contribution in [3.05, 3.63) is 48.0 Å². The summed E-state index contributed by atoms with van der Waals surface area (Å²) in [6.07, 6.45) is 3.35. The Balaban J connectivity index is 1.86. The number of benzene rings is 1. The van der Waals surface area contributed by atoms with Crippen molar-refractivity contribution in [3.8, 4) is 0 Å². The number of carbonyl (C=O) groups excluding carboxylic acids is 1. The third-order valence-corrected chi connectivity index (χ3v) is 2.51. The molecule has 3 nitrogen and oxygen atoms in total. The lowest BCUT2D eigenvalue weighted by molar-refractivity contribution is -0.137. The average molecular weight is 217 g/mol. The van der Waals surface area contributed by atoms with Crippen LogP contribution in [0.2, 0.25) is 0 Å². The second kappa shape index (κ2) is 4.94. The summed E-state index contributed by atoms with van der Waals surface area (Å²) in [6.45, 7) is 2.22. The molecule has 0 aliphatic carbocycles. The first-order valence-corrected chi connectivity index (χ1v) is 5.47. The van der Waals surface area contributed by atoms with Crippen LogP contribution in [-0.4, -0.2) is 18.6 Å². The molecule has 1 fully saturated rings. The van der Waals surface area contributed by atoms with E-state index in [1.165, 1.54) is 11.6 Å². The van der Waals surface area contributed by atoms with Crippen LogP contribution in [0.25, 0.3) is 0 Å². The van der Waals surface area contributed by atoms with Crippen molar-refractivity contribution in [2.24, 2.45) is 0 Å². The SMILES string of the molecule is CCOC(=O)/C=C/C1N[C@@H]1c1ccccc1. The normalized spacial score (nSPS) is 23.3. The van der Waals surface area contributed by atoms with Crippen LogP contribution in [0.15, 0.2) is 42.5 Å². The summed E-state index contributed by atoms with van der Waals surface area (Å²) in [5, 5.41) is 3.29. The van der Waals surface area contributed by atoms with E-state index in [0.29, 0.717) is 12.6 Å². The van der Waals surface area contributed by atoms with Gasteiger partial charge < -0.3 is 10.1 Å². The predicted octanol–water partition coefficient (Wildman–Crippen LogP) is 1.82. The fourth-order valence-electron chi connectivity index (χ4n) is 1.65. The molecule has 1 aromatic rings. The number of hydrogen-bond donors (Lipinski definition) is 1. The topological polar surface area (TPSA) is 48.2 Å². The molecule has 84 valence electrons. The van der Waals surface area contributed by atoms with Crippen molar-refractivity contribution in [2.75, 3.05) is 6.61 Å². The van der Waals surface area contributed by atoms with Gasteiger partial charge in [0.25, 0.3) is 0 Å². The lowest BCUT2D eigenvalue weighted by atomic mass is 10.1. The second-order valence-corrected chi connectivity index (χ2v) is 3.69. The van der Waals surface area contributed by atoms with Gasteiger partial charge in [0, 0.05) is 12.1 Å². The van der Waals surface area contributed by atoms with Gasteiger partial charge in [-0.1, -0.05) is 36.4 Å². The van der Waals surface area contributed by atoms with Crippen molar-refractivity contribution in [3.63, 3.8) is 0 Å². The van der Waals surface area contributed by atoms with E-state index in [9.17, 15) is 4.79 Å². The van der Waals surface area contributed by atoms with Gasteiger partial charge in [-0.25, -0.2) is 4.79 Å². The molecule has 16 heavy (non-hydrogen) atoms. The minimum absolute atomic E-state index is 0.256. The zero-order valence-corrected chi connectivity index (χ0v) is 9.22. The molecule has 2 atom stereocenters. The first-order valence-electron chi connectivity index (χ1n) is 5.47. The summed E-state index contributed by atoms with van der Waals surface area (Å²) in [7, 11) is 0. The average Bonchev–Trinajstić information content (AvgIpc) is 3.07. The van der Waals surface area contributed by atoms with E-state index >= 15 is 0 Å². The van der Waals surface area contributed by atoms with E-state index < -0.39 is 0 Å². The number of nitrogens with one attached hydrogen (secondary N) is 1. The number of carbonyl (C=O) groups is 1. The summed E-state index contributed by atoms with van der Waals surface area (Å²) in [5.41, 5.74) is 1.25. The van der Waals surface area contributed by atoms with E-state index in [1.54, 1.807) is 6.92 Å². The summed E-state index contributed by atoms with van der Waals surface area (Å²) < 4.78 is 4.81. The van der Waals surface area contributed by atoms with Crippen LogP contribution in [0.1, 0.15) is 18.5 Å². The molecule has 1 aliphatic heterocycles. The Bertz CT molecular complexity index is 386. The molecule has 0 amide bonds. The third-order valence-electron chi connectivity index (χ3n) is 2.51. The highest BCUT2D eigenvalue weighted by atomic mass is 16.5. The summed E-state index contributed by atoms with van der Waals surface area (Å²) in [6, 6.07) is 10.8. The molecule has 0 aromatic heterocycles. The van der Waals surface area contributed by atoms with Crippen LogP contribution in [0.3, 0.4) is 0 Å². The molecule has 1 N–H and O–H groups in total. The van der Waals surface area contributed by atoms with Gasteiger partial charge in [0.05, 0.1) is 12.6 Å². The van der Waals surface area contributed by atoms with Gasteiger partial charge in [-0.2, -0.15) is 0 Å². The zero-order chi connectivity index (χ0) is 11.4. The minimum atomic E-state index is -0.275. The first-order chi connectivity index (χ1) is 7.81. The molecule has 1 unspecified atom stereocenters. The Kier molecular flexibility index (Phi) is 3.37. The predicted molar refractivity (Wildman–Crippen MR) is 61.9 cm³/mol. The largest absolute Gasteiger partial charge is 0.463 e.